The lowest BCUT2D eigenvalue weighted by atomic mass is 9.94. The summed E-state index contributed by atoms with van der Waals surface area (Å²) < 4.78 is 67.1. The van der Waals surface area contributed by atoms with Crippen LogP contribution in [-0.2, 0) is 25.1 Å². The molecule has 1 aromatic heterocycles. The summed E-state index contributed by atoms with van der Waals surface area (Å²) in [4.78, 5) is 2.40. The summed E-state index contributed by atoms with van der Waals surface area (Å²) in [5.74, 6) is -0.0237. The van der Waals surface area contributed by atoms with Crippen molar-refractivity contribution in [2.45, 2.75) is 37.3 Å². The minimum atomic E-state index is -4.31. The normalized spacial score (nSPS) is 21.6. The number of piperidine rings is 1. The molecule has 0 unspecified atom stereocenters. The van der Waals surface area contributed by atoms with Gasteiger partial charge in [-0.2, -0.15) is 13.2 Å². The Hall–Kier alpha value is -2.52. The number of hydrogen-bond donors (Lipinski definition) is 0. The molecular weight excluding hydrogens is 487 g/mol. The number of benzene rings is 2. The maximum atomic E-state index is 13.5. The number of unbranched alkanes of at least 4 members (excludes halogenated alkanes) is 1. The Bertz CT molecular complexity index is 1190. The molecule has 10 heteroatoms. The average molecular weight is 513 g/mol. The van der Waals surface area contributed by atoms with Gasteiger partial charge < -0.3 is 9.47 Å². The Balaban J connectivity index is 0.00000289. The van der Waals surface area contributed by atoms with Crippen molar-refractivity contribution >= 4 is 12.4 Å². The van der Waals surface area contributed by atoms with Gasteiger partial charge in [0.15, 0.2) is 17.5 Å². The maximum absolute atomic E-state index is 13.5. The van der Waals surface area contributed by atoms with Gasteiger partial charge in [-0.1, -0.05) is 12.1 Å². The smallest absolute Gasteiger partial charge is 0.314 e. The van der Waals surface area contributed by atoms with Crippen molar-refractivity contribution in [3.63, 3.8) is 0 Å². The molecule has 0 radical (unpaired) electrons. The molecule has 2 fully saturated rings. The van der Waals surface area contributed by atoms with Crippen molar-refractivity contribution in [2.24, 2.45) is 13.0 Å². The maximum Gasteiger partial charge on any atom is 0.416 e. The highest BCUT2D eigenvalue weighted by molar-refractivity contribution is 5.85. The van der Waals surface area contributed by atoms with E-state index in [4.69, 9.17) is 0 Å². The first-order valence-corrected chi connectivity index (χ1v) is 11.4. The minimum Gasteiger partial charge on any atom is -0.314 e. The lowest BCUT2D eigenvalue weighted by Gasteiger charge is -2.21. The van der Waals surface area contributed by atoms with Gasteiger partial charge in [0.25, 0.3) is 0 Å². The number of rotatable bonds is 7. The number of likely N-dealkylation sites (tertiary alicyclic amines) is 1. The minimum absolute atomic E-state index is 0. The number of hydrogen-bond acceptors (Lipinski definition) is 3. The van der Waals surface area contributed by atoms with E-state index in [9.17, 15) is 22.0 Å². The van der Waals surface area contributed by atoms with E-state index in [1.807, 2.05) is 7.05 Å². The number of aromatic nitrogens is 3. The van der Waals surface area contributed by atoms with Gasteiger partial charge in [-0.15, -0.1) is 22.6 Å². The van der Waals surface area contributed by atoms with Gasteiger partial charge in [-0.25, -0.2) is 8.78 Å². The van der Waals surface area contributed by atoms with Crippen LogP contribution in [0.5, 0.6) is 0 Å². The summed E-state index contributed by atoms with van der Waals surface area (Å²) in [6.45, 7) is 2.78. The first-order valence-electron chi connectivity index (χ1n) is 11.4. The molecule has 35 heavy (non-hydrogen) atoms. The standard InChI is InChI=1S/C25H25F5N4.ClH/c1-33-22(31-32-23(33)16-5-10-20(26)21(27)12-16)4-2-3-11-34-14-19-13-24(19,15-34)17-6-8-18(9-7-17)25(28,29)30;/h5-10,12,19H,2-4,11,13-15H2,1H3;1H/t19-,24+;/m0./s1. The fourth-order valence-corrected chi connectivity index (χ4v) is 5.28. The van der Waals surface area contributed by atoms with Crippen molar-refractivity contribution in [2.75, 3.05) is 19.6 Å². The number of alkyl halides is 3. The lowest BCUT2D eigenvalue weighted by Crippen LogP contribution is -2.27. The van der Waals surface area contributed by atoms with Crippen LogP contribution in [0.1, 0.15) is 36.2 Å². The molecule has 1 aliphatic heterocycles. The van der Waals surface area contributed by atoms with Gasteiger partial charge in [0, 0.05) is 37.5 Å². The Morgan fingerprint density at radius 3 is 2.43 bits per heavy atom. The Morgan fingerprint density at radius 2 is 1.74 bits per heavy atom. The highest BCUT2D eigenvalue weighted by Gasteiger charge is 2.60. The Labute approximate surface area is 206 Å². The molecule has 0 bridgehead atoms. The number of fused-ring (bicyclic) bond motifs is 1. The van der Waals surface area contributed by atoms with Crippen LogP contribution in [-0.4, -0.2) is 39.3 Å². The molecule has 4 nitrogen and oxygen atoms in total. The molecule has 0 amide bonds. The molecule has 2 aromatic carbocycles. The van der Waals surface area contributed by atoms with Gasteiger partial charge in [0.2, 0.25) is 0 Å². The SMILES string of the molecule is Cl.Cn1c(CCCCN2C[C@@H]3C[C@]3(c3ccc(C(F)(F)F)cc3)C2)nnc1-c1ccc(F)c(F)c1. The highest BCUT2D eigenvalue weighted by Crippen LogP contribution is 2.59. The van der Waals surface area contributed by atoms with Crippen molar-refractivity contribution < 1.29 is 22.0 Å². The fourth-order valence-electron chi connectivity index (χ4n) is 5.28. The number of halogens is 6. The predicted octanol–water partition coefficient (Wildman–Crippen LogP) is 5.80. The largest absolute Gasteiger partial charge is 0.416 e. The van der Waals surface area contributed by atoms with Crippen molar-refractivity contribution in [3.05, 3.63) is 71.1 Å². The summed E-state index contributed by atoms with van der Waals surface area (Å²) >= 11 is 0. The highest BCUT2D eigenvalue weighted by atomic mass is 35.5. The van der Waals surface area contributed by atoms with Crippen LogP contribution < -0.4 is 0 Å². The van der Waals surface area contributed by atoms with Crippen molar-refractivity contribution in [1.29, 1.82) is 0 Å². The number of aryl methyl sites for hydroxylation is 1. The molecular formula is C25H26ClF5N4. The Kier molecular flexibility index (Phi) is 6.94. The molecule has 2 heterocycles. The van der Waals surface area contributed by atoms with Gasteiger partial charge in [-0.05, 0) is 67.6 Å². The van der Waals surface area contributed by atoms with Crippen molar-refractivity contribution in [3.8, 4) is 11.4 Å². The molecule has 5 rings (SSSR count). The second-order valence-corrected chi connectivity index (χ2v) is 9.45. The predicted molar refractivity (Wildman–Crippen MR) is 124 cm³/mol. The van der Waals surface area contributed by atoms with E-state index < -0.39 is 23.4 Å². The molecule has 3 aromatic rings. The summed E-state index contributed by atoms with van der Waals surface area (Å²) in [5, 5.41) is 8.35. The van der Waals surface area contributed by atoms with Crippen LogP contribution in [0.2, 0.25) is 0 Å². The van der Waals surface area contributed by atoms with Crippen LogP contribution in [0.3, 0.4) is 0 Å². The molecule has 2 atom stereocenters. The molecule has 188 valence electrons. The zero-order valence-electron chi connectivity index (χ0n) is 19.2. The summed E-state index contributed by atoms with van der Waals surface area (Å²) in [5.41, 5.74) is 0.894. The van der Waals surface area contributed by atoms with E-state index >= 15 is 0 Å². The van der Waals surface area contributed by atoms with Crippen LogP contribution in [0.4, 0.5) is 22.0 Å². The topological polar surface area (TPSA) is 34.0 Å². The summed E-state index contributed by atoms with van der Waals surface area (Å²) in [6.07, 6.45) is -0.685. The van der Waals surface area contributed by atoms with E-state index in [1.54, 1.807) is 16.7 Å². The molecule has 1 saturated heterocycles. The molecule has 0 spiro atoms. The summed E-state index contributed by atoms with van der Waals surface area (Å²) in [6, 6.07) is 9.36. The fraction of sp³-hybridized carbons (Fsp3) is 0.440. The van der Waals surface area contributed by atoms with Gasteiger partial charge >= 0.3 is 6.18 Å². The molecule has 2 aliphatic rings. The van der Waals surface area contributed by atoms with E-state index in [2.05, 4.69) is 15.1 Å². The zero-order valence-corrected chi connectivity index (χ0v) is 20.0. The lowest BCUT2D eigenvalue weighted by molar-refractivity contribution is -0.137. The van der Waals surface area contributed by atoms with Crippen molar-refractivity contribution in [1.82, 2.24) is 19.7 Å². The van der Waals surface area contributed by atoms with E-state index in [-0.39, 0.29) is 17.8 Å². The monoisotopic (exact) mass is 512 g/mol. The van der Waals surface area contributed by atoms with Crippen LogP contribution >= 0.6 is 12.4 Å². The van der Waals surface area contributed by atoms with Gasteiger partial charge in [0.1, 0.15) is 5.82 Å². The number of nitrogens with zero attached hydrogens (tertiary/aromatic N) is 4. The van der Waals surface area contributed by atoms with Crippen LogP contribution in [0.15, 0.2) is 42.5 Å². The first kappa shape index (κ1) is 25.6. The molecule has 1 saturated carbocycles. The van der Waals surface area contributed by atoms with E-state index in [0.29, 0.717) is 23.7 Å². The quantitative estimate of drug-likeness (QED) is 0.296. The second-order valence-electron chi connectivity index (χ2n) is 9.45. The zero-order chi connectivity index (χ0) is 24.1. The van der Waals surface area contributed by atoms with E-state index in [1.165, 1.54) is 18.2 Å². The van der Waals surface area contributed by atoms with Crippen LogP contribution in [0.25, 0.3) is 11.4 Å². The molecule has 0 N–H and O–H groups in total. The molecule has 1 aliphatic carbocycles. The second kappa shape index (κ2) is 9.50. The summed E-state index contributed by atoms with van der Waals surface area (Å²) in [7, 11) is 1.81. The third kappa shape index (κ3) is 4.93. The average Bonchev–Trinajstić information content (AvgIpc) is 3.17. The third-order valence-electron chi connectivity index (χ3n) is 7.27. The Morgan fingerprint density at radius 1 is 1.00 bits per heavy atom. The third-order valence-corrected chi connectivity index (χ3v) is 7.27. The van der Waals surface area contributed by atoms with Gasteiger partial charge in [0.05, 0.1) is 5.56 Å². The van der Waals surface area contributed by atoms with Gasteiger partial charge in [-0.3, -0.25) is 0 Å². The first-order chi connectivity index (χ1) is 16.2. The van der Waals surface area contributed by atoms with E-state index in [0.717, 1.165) is 62.4 Å². The van der Waals surface area contributed by atoms with Crippen LogP contribution in [0, 0.1) is 17.6 Å².